The number of para-hydroxylation sites is 1. The van der Waals surface area contributed by atoms with Crippen molar-refractivity contribution in [2.45, 2.75) is 13.3 Å². The summed E-state index contributed by atoms with van der Waals surface area (Å²) in [5.41, 5.74) is 2.86. The number of ether oxygens (including phenoxy) is 2. The number of amides is 1. The molecule has 0 unspecified atom stereocenters. The Morgan fingerprint density at radius 3 is 2.50 bits per heavy atom. The molecule has 1 aliphatic heterocycles. The van der Waals surface area contributed by atoms with Gasteiger partial charge in [0.25, 0.3) is 5.91 Å². The van der Waals surface area contributed by atoms with Crippen molar-refractivity contribution in [1.29, 1.82) is 5.26 Å². The molecule has 1 aliphatic rings. The molecule has 1 heterocycles. The number of hydrogen-bond acceptors (Lipinski definition) is 5. The molecular weight excluding hydrogens is 402 g/mol. The van der Waals surface area contributed by atoms with E-state index in [1.165, 1.54) is 0 Å². The second-order valence-corrected chi connectivity index (χ2v) is 7.42. The monoisotopic (exact) mass is 431 g/mol. The van der Waals surface area contributed by atoms with E-state index in [0.717, 1.165) is 29.9 Å². The number of nitrogens with zero attached hydrogens (tertiary/aromatic N) is 3. The average Bonchev–Trinajstić information content (AvgIpc) is 2.83. The summed E-state index contributed by atoms with van der Waals surface area (Å²) >= 11 is 0. The predicted molar refractivity (Wildman–Crippen MR) is 127 cm³/mol. The SMILES string of the molecule is C=CCc1cc(/C=C(/C#N)C(=O)N2CCN(c3ccccc3)CC2)cc(OCC)c1OC. The lowest BCUT2D eigenvalue weighted by atomic mass is 10.0. The van der Waals surface area contributed by atoms with Gasteiger partial charge in [-0.05, 0) is 49.2 Å². The molecule has 1 amide bonds. The molecule has 166 valence electrons. The quantitative estimate of drug-likeness (QED) is 0.358. The van der Waals surface area contributed by atoms with E-state index in [-0.39, 0.29) is 11.5 Å². The Balaban J connectivity index is 1.80. The Bertz CT molecular complexity index is 1020. The third-order valence-corrected chi connectivity index (χ3v) is 5.37. The molecule has 6 nitrogen and oxygen atoms in total. The number of methoxy groups -OCH3 is 1. The molecule has 0 atom stereocenters. The minimum Gasteiger partial charge on any atom is -0.493 e. The maximum atomic E-state index is 13.1. The molecule has 1 saturated heterocycles. The van der Waals surface area contributed by atoms with Gasteiger partial charge in [0.2, 0.25) is 0 Å². The maximum Gasteiger partial charge on any atom is 0.264 e. The third kappa shape index (κ3) is 5.30. The van der Waals surface area contributed by atoms with Crippen molar-refractivity contribution < 1.29 is 14.3 Å². The second kappa shape index (κ2) is 11.1. The van der Waals surface area contributed by atoms with Crippen molar-refractivity contribution in [2.75, 3.05) is 44.8 Å². The highest BCUT2D eigenvalue weighted by atomic mass is 16.5. The minimum absolute atomic E-state index is 0.107. The van der Waals surface area contributed by atoms with Crippen LogP contribution in [0, 0.1) is 11.3 Å². The van der Waals surface area contributed by atoms with Gasteiger partial charge >= 0.3 is 0 Å². The van der Waals surface area contributed by atoms with E-state index in [9.17, 15) is 10.1 Å². The maximum absolute atomic E-state index is 13.1. The van der Waals surface area contributed by atoms with Crippen molar-refractivity contribution >= 4 is 17.7 Å². The molecule has 0 aliphatic carbocycles. The van der Waals surface area contributed by atoms with E-state index >= 15 is 0 Å². The number of hydrogen-bond donors (Lipinski definition) is 0. The molecular formula is C26H29N3O3. The standard InChI is InChI=1S/C26H29N3O3/c1-4-9-21-16-20(18-24(32-5-2)25(21)31-3)17-22(19-27)26(30)29-14-12-28(13-15-29)23-10-7-6-8-11-23/h4,6-8,10-11,16-18H,1,5,9,12-15H2,2-3H3/b22-17-. The van der Waals surface area contributed by atoms with Gasteiger partial charge in [-0.3, -0.25) is 4.79 Å². The summed E-state index contributed by atoms with van der Waals surface area (Å²) in [4.78, 5) is 17.1. The summed E-state index contributed by atoms with van der Waals surface area (Å²) in [6.07, 6.45) is 3.99. The zero-order chi connectivity index (χ0) is 22.9. The van der Waals surface area contributed by atoms with Crippen LogP contribution in [0.15, 0.2) is 60.7 Å². The second-order valence-electron chi connectivity index (χ2n) is 7.42. The molecule has 1 fully saturated rings. The molecule has 2 aromatic rings. The van der Waals surface area contributed by atoms with Gasteiger partial charge < -0.3 is 19.3 Å². The van der Waals surface area contributed by atoms with E-state index in [1.807, 2.05) is 31.2 Å². The van der Waals surface area contributed by atoms with Crippen LogP contribution in [0.1, 0.15) is 18.1 Å². The van der Waals surface area contributed by atoms with Crippen LogP contribution >= 0.6 is 0 Å². The fraction of sp³-hybridized carbons (Fsp3) is 0.308. The first-order valence-electron chi connectivity index (χ1n) is 10.8. The van der Waals surface area contributed by atoms with Crippen molar-refractivity contribution in [1.82, 2.24) is 4.90 Å². The van der Waals surface area contributed by atoms with Crippen molar-refractivity contribution in [2.24, 2.45) is 0 Å². The molecule has 0 aromatic heterocycles. The van der Waals surface area contributed by atoms with Gasteiger partial charge in [-0.1, -0.05) is 24.3 Å². The normalized spacial score (nSPS) is 14.0. The first kappa shape index (κ1) is 23.0. The number of allylic oxidation sites excluding steroid dienone is 1. The third-order valence-electron chi connectivity index (χ3n) is 5.37. The average molecular weight is 432 g/mol. The Morgan fingerprint density at radius 1 is 1.19 bits per heavy atom. The van der Waals surface area contributed by atoms with Crippen LogP contribution in [0.3, 0.4) is 0 Å². The van der Waals surface area contributed by atoms with E-state index in [2.05, 4.69) is 29.7 Å². The van der Waals surface area contributed by atoms with E-state index in [4.69, 9.17) is 9.47 Å². The van der Waals surface area contributed by atoms with Gasteiger partial charge in [-0.25, -0.2) is 0 Å². The van der Waals surface area contributed by atoms with Crippen molar-refractivity contribution in [3.8, 4) is 17.6 Å². The van der Waals surface area contributed by atoms with Crippen molar-refractivity contribution in [3.63, 3.8) is 0 Å². The number of rotatable bonds is 8. The van der Waals surface area contributed by atoms with Gasteiger partial charge in [0.05, 0.1) is 13.7 Å². The van der Waals surface area contributed by atoms with Crippen LogP contribution in [0.2, 0.25) is 0 Å². The molecule has 0 saturated carbocycles. The molecule has 0 bridgehead atoms. The van der Waals surface area contributed by atoms with Crippen LogP contribution in [0.25, 0.3) is 6.08 Å². The summed E-state index contributed by atoms with van der Waals surface area (Å²) in [6.45, 7) is 8.78. The van der Waals surface area contributed by atoms with E-state index < -0.39 is 0 Å². The van der Waals surface area contributed by atoms with E-state index in [0.29, 0.717) is 37.6 Å². The van der Waals surface area contributed by atoms with Gasteiger partial charge in [-0.15, -0.1) is 6.58 Å². The molecule has 2 aromatic carbocycles. The first-order chi connectivity index (χ1) is 15.6. The van der Waals surface area contributed by atoms with Gasteiger partial charge in [0.1, 0.15) is 11.6 Å². The number of carbonyl (C=O) groups is 1. The number of carbonyl (C=O) groups excluding carboxylic acids is 1. The lowest BCUT2D eigenvalue weighted by molar-refractivity contribution is -0.126. The topological polar surface area (TPSA) is 65.8 Å². The Morgan fingerprint density at radius 2 is 1.91 bits per heavy atom. The first-order valence-corrected chi connectivity index (χ1v) is 10.8. The molecule has 3 rings (SSSR count). The highest BCUT2D eigenvalue weighted by molar-refractivity contribution is 6.02. The zero-order valence-corrected chi connectivity index (χ0v) is 18.7. The molecule has 6 heteroatoms. The van der Waals surface area contributed by atoms with Crippen LogP contribution in [-0.4, -0.2) is 50.7 Å². The summed E-state index contributed by atoms with van der Waals surface area (Å²) in [6, 6.07) is 15.9. The van der Waals surface area contributed by atoms with Crippen molar-refractivity contribution in [3.05, 3.63) is 71.8 Å². The van der Waals surface area contributed by atoms with Crippen LogP contribution < -0.4 is 14.4 Å². The summed E-state index contributed by atoms with van der Waals surface area (Å²) in [5.74, 6) is 0.979. The van der Waals surface area contributed by atoms with Crippen LogP contribution in [-0.2, 0) is 11.2 Å². The summed E-state index contributed by atoms with van der Waals surface area (Å²) < 4.78 is 11.2. The fourth-order valence-corrected chi connectivity index (χ4v) is 3.85. The number of benzene rings is 2. The number of nitriles is 1. The lowest BCUT2D eigenvalue weighted by Gasteiger charge is -2.36. The largest absolute Gasteiger partial charge is 0.493 e. The molecule has 0 spiro atoms. The fourth-order valence-electron chi connectivity index (χ4n) is 3.85. The zero-order valence-electron chi connectivity index (χ0n) is 18.7. The smallest absolute Gasteiger partial charge is 0.264 e. The van der Waals surface area contributed by atoms with Gasteiger partial charge in [0.15, 0.2) is 11.5 Å². The highest BCUT2D eigenvalue weighted by Crippen LogP contribution is 2.34. The Kier molecular flexibility index (Phi) is 7.93. The summed E-state index contributed by atoms with van der Waals surface area (Å²) in [5, 5.41) is 9.72. The predicted octanol–water partition coefficient (Wildman–Crippen LogP) is 4.08. The Labute approximate surface area is 190 Å². The molecule has 0 N–H and O–H groups in total. The number of anilines is 1. The lowest BCUT2D eigenvalue weighted by Crippen LogP contribution is -2.49. The van der Waals surface area contributed by atoms with Crippen LogP contribution in [0.4, 0.5) is 5.69 Å². The highest BCUT2D eigenvalue weighted by Gasteiger charge is 2.24. The van der Waals surface area contributed by atoms with E-state index in [1.54, 1.807) is 30.2 Å². The van der Waals surface area contributed by atoms with Crippen LogP contribution in [0.5, 0.6) is 11.5 Å². The minimum atomic E-state index is -0.251. The van der Waals surface area contributed by atoms with Gasteiger partial charge in [-0.2, -0.15) is 5.26 Å². The molecule has 0 radical (unpaired) electrons. The Hall–Kier alpha value is -3.72. The number of piperazine rings is 1. The molecule has 32 heavy (non-hydrogen) atoms. The van der Waals surface area contributed by atoms with Gasteiger partial charge in [0, 0.05) is 37.4 Å². The summed E-state index contributed by atoms with van der Waals surface area (Å²) in [7, 11) is 1.60.